The molecule has 2 N–H and O–H groups in total. The molecule has 1 aliphatic heterocycles. The number of hydrogen-bond acceptors (Lipinski definition) is 6. The monoisotopic (exact) mass is 593 g/mol. The Morgan fingerprint density at radius 3 is 2.05 bits per heavy atom. The highest BCUT2D eigenvalue weighted by molar-refractivity contribution is 7.98. The third-order valence-electron chi connectivity index (χ3n) is 6.38. The number of halogens is 1. The second-order valence-corrected chi connectivity index (χ2v) is 13.8. The van der Waals surface area contributed by atoms with Crippen LogP contribution in [0, 0.1) is 12.8 Å². The topological polar surface area (TPSA) is 113 Å². The Bertz CT molecular complexity index is 1520. The average Bonchev–Trinajstić information content (AvgIpc) is 2.91. The van der Waals surface area contributed by atoms with Crippen molar-refractivity contribution in [2.45, 2.75) is 34.5 Å². The fourth-order valence-electron chi connectivity index (χ4n) is 4.09. The van der Waals surface area contributed by atoms with Crippen molar-refractivity contribution in [3.05, 3.63) is 77.3 Å². The van der Waals surface area contributed by atoms with Crippen molar-refractivity contribution in [3.63, 3.8) is 0 Å². The molecule has 1 aliphatic rings. The molecule has 8 nitrogen and oxygen atoms in total. The number of piperidine rings is 1. The average molecular weight is 594 g/mol. The molecule has 1 amide bonds. The molecule has 4 rings (SSSR count). The molecule has 0 aromatic heterocycles. The molecular weight excluding hydrogens is 566 g/mol. The molecular formula is C26H28ClN3O5S3. The number of thioether (sulfide) groups is 1. The van der Waals surface area contributed by atoms with Gasteiger partial charge in [0.15, 0.2) is 0 Å². The summed E-state index contributed by atoms with van der Waals surface area (Å²) >= 11 is 7.62. The summed E-state index contributed by atoms with van der Waals surface area (Å²) in [6, 6.07) is 17.5. The summed E-state index contributed by atoms with van der Waals surface area (Å²) in [6.45, 7) is 2.32. The van der Waals surface area contributed by atoms with Crippen LogP contribution in [-0.4, -0.2) is 46.4 Å². The van der Waals surface area contributed by atoms with Gasteiger partial charge >= 0.3 is 0 Å². The molecule has 0 aliphatic carbocycles. The molecule has 0 atom stereocenters. The number of benzene rings is 3. The zero-order valence-corrected chi connectivity index (χ0v) is 24.1. The summed E-state index contributed by atoms with van der Waals surface area (Å²) in [5.41, 5.74) is 1.64. The van der Waals surface area contributed by atoms with Crippen molar-refractivity contribution in [2.75, 3.05) is 29.4 Å². The molecule has 3 aromatic carbocycles. The fraction of sp³-hybridized carbons (Fsp3) is 0.269. The van der Waals surface area contributed by atoms with E-state index in [1.807, 2.05) is 13.2 Å². The van der Waals surface area contributed by atoms with Gasteiger partial charge in [0.05, 0.1) is 15.5 Å². The van der Waals surface area contributed by atoms with E-state index in [0.29, 0.717) is 29.2 Å². The molecule has 0 spiro atoms. The first-order chi connectivity index (χ1) is 18.0. The van der Waals surface area contributed by atoms with Gasteiger partial charge in [-0.2, -0.15) is 4.31 Å². The number of rotatable bonds is 8. The minimum absolute atomic E-state index is 0.0382. The van der Waals surface area contributed by atoms with Crippen LogP contribution in [0.2, 0.25) is 5.02 Å². The molecule has 12 heteroatoms. The number of nitrogens with zero attached hydrogens (tertiary/aromatic N) is 1. The van der Waals surface area contributed by atoms with E-state index in [1.165, 1.54) is 28.6 Å². The lowest BCUT2D eigenvalue weighted by atomic mass is 9.97. The first-order valence-electron chi connectivity index (χ1n) is 11.8. The summed E-state index contributed by atoms with van der Waals surface area (Å²) in [5.74, 6) is -0.578. The fourth-order valence-corrected chi connectivity index (χ4v) is 7.20. The number of anilines is 2. The quantitative estimate of drug-likeness (QED) is 0.347. The minimum atomic E-state index is -3.84. The van der Waals surface area contributed by atoms with Crippen molar-refractivity contribution in [2.24, 2.45) is 5.92 Å². The van der Waals surface area contributed by atoms with Gasteiger partial charge in [0, 0.05) is 34.6 Å². The summed E-state index contributed by atoms with van der Waals surface area (Å²) in [5, 5.41) is 3.26. The van der Waals surface area contributed by atoms with Gasteiger partial charge in [-0.15, -0.1) is 11.8 Å². The van der Waals surface area contributed by atoms with Crippen LogP contribution in [0.15, 0.2) is 81.4 Å². The van der Waals surface area contributed by atoms with E-state index in [2.05, 4.69) is 10.0 Å². The number of sulfonamides is 2. The lowest BCUT2D eigenvalue weighted by Gasteiger charge is -2.30. The second-order valence-electron chi connectivity index (χ2n) is 8.94. The summed E-state index contributed by atoms with van der Waals surface area (Å²) < 4.78 is 55.3. The normalized spacial score (nSPS) is 15.2. The SMILES string of the molecule is CSc1ccc(S(=O)(=O)N2CCC(C(=O)Nc3ccc(S(=O)(=O)Nc4ccc(C)c(Cl)c4)cc3)CC2)cc1. The van der Waals surface area contributed by atoms with Crippen LogP contribution >= 0.6 is 23.4 Å². The maximum absolute atomic E-state index is 13.0. The van der Waals surface area contributed by atoms with E-state index in [1.54, 1.807) is 54.2 Å². The number of amides is 1. The lowest BCUT2D eigenvalue weighted by molar-refractivity contribution is -0.120. The second kappa shape index (κ2) is 11.7. The van der Waals surface area contributed by atoms with Crippen LogP contribution < -0.4 is 10.0 Å². The number of hydrogen-bond donors (Lipinski definition) is 2. The summed E-state index contributed by atoms with van der Waals surface area (Å²) in [4.78, 5) is 14.1. The van der Waals surface area contributed by atoms with Crippen LogP contribution in [0.4, 0.5) is 11.4 Å². The Balaban J connectivity index is 1.34. The Morgan fingerprint density at radius 1 is 0.895 bits per heavy atom. The van der Waals surface area contributed by atoms with Crippen LogP contribution in [0.3, 0.4) is 0 Å². The molecule has 202 valence electrons. The van der Waals surface area contributed by atoms with E-state index in [4.69, 9.17) is 11.6 Å². The van der Waals surface area contributed by atoms with E-state index < -0.39 is 20.0 Å². The molecule has 1 heterocycles. The van der Waals surface area contributed by atoms with Crippen LogP contribution in [0.1, 0.15) is 18.4 Å². The maximum Gasteiger partial charge on any atom is 0.261 e. The largest absolute Gasteiger partial charge is 0.326 e. The van der Waals surface area contributed by atoms with Crippen molar-refractivity contribution < 1.29 is 21.6 Å². The van der Waals surface area contributed by atoms with E-state index in [0.717, 1.165) is 10.5 Å². The van der Waals surface area contributed by atoms with Gasteiger partial charge < -0.3 is 5.32 Å². The third kappa shape index (κ3) is 6.52. The maximum atomic E-state index is 13.0. The van der Waals surface area contributed by atoms with Crippen LogP contribution in [0.25, 0.3) is 0 Å². The highest BCUT2D eigenvalue weighted by atomic mass is 35.5. The Kier molecular flexibility index (Phi) is 8.73. The van der Waals surface area contributed by atoms with Crippen LogP contribution in [-0.2, 0) is 24.8 Å². The van der Waals surface area contributed by atoms with Crippen molar-refractivity contribution in [3.8, 4) is 0 Å². The first-order valence-corrected chi connectivity index (χ1v) is 16.4. The number of carbonyl (C=O) groups excluding carboxylic acids is 1. The van der Waals surface area contributed by atoms with Crippen LogP contribution in [0.5, 0.6) is 0 Å². The van der Waals surface area contributed by atoms with Gasteiger partial charge in [-0.1, -0.05) is 17.7 Å². The summed E-state index contributed by atoms with van der Waals surface area (Å²) in [7, 11) is -7.46. The van der Waals surface area contributed by atoms with Gasteiger partial charge in [0.2, 0.25) is 15.9 Å². The predicted molar refractivity (Wildman–Crippen MR) is 152 cm³/mol. The standard InChI is InChI=1S/C26H28ClN3O5S3/c1-18-3-4-21(17-25(18)27)29-37(32,33)23-9-5-20(6-10-23)28-26(31)19-13-15-30(16-14-19)38(34,35)24-11-7-22(36-2)8-12-24/h3-12,17,19,29H,13-16H2,1-2H3,(H,28,31). The van der Waals surface area contributed by atoms with E-state index >= 15 is 0 Å². The van der Waals surface area contributed by atoms with Gasteiger partial charge in [0.25, 0.3) is 10.0 Å². The number of aryl methyl sites for hydroxylation is 1. The molecule has 38 heavy (non-hydrogen) atoms. The molecule has 0 unspecified atom stereocenters. The summed E-state index contributed by atoms with van der Waals surface area (Å²) in [6.07, 6.45) is 2.71. The zero-order valence-electron chi connectivity index (χ0n) is 20.8. The smallest absolute Gasteiger partial charge is 0.261 e. The Hall–Kier alpha value is -2.57. The number of carbonyl (C=O) groups is 1. The molecule has 0 radical (unpaired) electrons. The molecule has 3 aromatic rings. The Morgan fingerprint density at radius 2 is 1.47 bits per heavy atom. The molecule has 1 saturated heterocycles. The van der Waals surface area contributed by atoms with Crippen molar-refractivity contribution in [1.29, 1.82) is 0 Å². The predicted octanol–water partition coefficient (Wildman–Crippen LogP) is 5.21. The highest BCUT2D eigenvalue weighted by Gasteiger charge is 2.32. The van der Waals surface area contributed by atoms with Gasteiger partial charge in [-0.3, -0.25) is 9.52 Å². The number of nitrogens with one attached hydrogen (secondary N) is 2. The molecule has 1 fully saturated rings. The zero-order chi connectivity index (χ0) is 27.5. The van der Waals surface area contributed by atoms with Crippen molar-refractivity contribution >= 4 is 60.7 Å². The Labute approximate surface area is 232 Å². The van der Waals surface area contributed by atoms with E-state index in [9.17, 15) is 21.6 Å². The van der Waals surface area contributed by atoms with Gasteiger partial charge in [0.1, 0.15) is 0 Å². The van der Waals surface area contributed by atoms with Crippen molar-refractivity contribution in [1.82, 2.24) is 4.31 Å². The minimum Gasteiger partial charge on any atom is -0.326 e. The highest BCUT2D eigenvalue weighted by Crippen LogP contribution is 2.27. The third-order valence-corrected chi connectivity index (χ3v) is 10.8. The molecule has 0 saturated carbocycles. The lowest BCUT2D eigenvalue weighted by Crippen LogP contribution is -2.41. The van der Waals surface area contributed by atoms with Gasteiger partial charge in [-0.05, 0) is 92.2 Å². The molecule has 0 bridgehead atoms. The van der Waals surface area contributed by atoms with E-state index in [-0.39, 0.29) is 34.7 Å². The van der Waals surface area contributed by atoms with Gasteiger partial charge in [-0.25, -0.2) is 16.8 Å². The first kappa shape index (κ1) is 28.4.